The highest BCUT2D eigenvalue weighted by Gasteiger charge is 2.47. The SMILES string of the molecule is CC(N)(C(=O)N1CCN2CCCC2C1)C1CC1. The molecule has 0 bridgehead atoms. The Hall–Kier alpha value is -0.610. The molecule has 0 aromatic carbocycles. The van der Waals surface area contributed by atoms with E-state index in [0.29, 0.717) is 12.0 Å². The Morgan fingerprint density at radius 1 is 1.24 bits per heavy atom. The van der Waals surface area contributed by atoms with Crippen molar-refractivity contribution in [2.45, 2.75) is 44.2 Å². The van der Waals surface area contributed by atoms with Gasteiger partial charge < -0.3 is 10.6 Å². The summed E-state index contributed by atoms with van der Waals surface area (Å²) in [5.74, 6) is 0.614. The zero-order valence-corrected chi connectivity index (χ0v) is 10.7. The summed E-state index contributed by atoms with van der Waals surface area (Å²) in [6.07, 6.45) is 4.79. The van der Waals surface area contributed by atoms with Crippen LogP contribution in [0.1, 0.15) is 32.6 Å². The van der Waals surface area contributed by atoms with Crippen molar-refractivity contribution in [3.8, 4) is 0 Å². The first-order valence-corrected chi connectivity index (χ1v) is 6.91. The van der Waals surface area contributed by atoms with Gasteiger partial charge in [-0.1, -0.05) is 0 Å². The predicted molar refractivity (Wildman–Crippen MR) is 66.5 cm³/mol. The minimum Gasteiger partial charge on any atom is -0.338 e. The van der Waals surface area contributed by atoms with E-state index in [2.05, 4.69) is 4.90 Å². The third kappa shape index (κ3) is 1.97. The van der Waals surface area contributed by atoms with Crippen LogP contribution in [0.3, 0.4) is 0 Å². The van der Waals surface area contributed by atoms with Crippen molar-refractivity contribution in [2.75, 3.05) is 26.2 Å². The predicted octanol–water partition coefficient (Wildman–Crippen LogP) is 0.420. The van der Waals surface area contributed by atoms with E-state index in [1.54, 1.807) is 0 Å². The molecule has 2 atom stereocenters. The molecular weight excluding hydrogens is 214 g/mol. The van der Waals surface area contributed by atoms with Gasteiger partial charge in [0, 0.05) is 25.7 Å². The third-order valence-corrected chi connectivity index (χ3v) is 4.76. The number of carbonyl (C=O) groups is 1. The fourth-order valence-corrected chi connectivity index (χ4v) is 3.37. The zero-order chi connectivity index (χ0) is 12.0. The molecule has 2 heterocycles. The lowest BCUT2D eigenvalue weighted by Crippen LogP contribution is -2.60. The number of rotatable bonds is 2. The summed E-state index contributed by atoms with van der Waals surface area (Å²) in [6.45, 7) is 5.95. The highest BCUT2D eigenvalue weighted by molar-refractivity contribution is 5.86. The number of hydrogen-bond donors (Lipinski definition) is 1. The average Bonchev–Trinajstić information content (AvgIpc) is 3.07. The van der Waals surface area contributed by atoms with Gasteiger partial charge in [0.05, 0.1) is 5.54 Å². The quantitative estimate of drug-likeness (QED) is 0.757. The van der Waals surface area contributed by atoms with Gasteiger partial charge in [0.25, 0.3) is 0 Å². The molecule has 4 nitrogen and oxygen atoms in total. The standard InChI is InChI=1S/C13H23N3O/c1-13(14,10-4-5-10)12(17)16-8-7-15-6-2-3-11(15)9-16/h10-11H,2-9,14H2,1H3. The Kier molecular flexibility index (Phi) is 2.67. The first-order chi connectivity index (χ1) is 8.09. The molecule has 4 heteroatoms. The molecular formula is C13H23N3O. The summed E-state index contributed by atoms with van der Waals surface area (Å²) in [5.41, 5.74) is 5.62. The summed E-state index contributed by atoms with van der Waals surface area (Å²) in [4.78, 5) is 17.0. The fraction of sp³-hybridized carbons (Fsp3) is 0.923. The summed E-state index contributed by atoms with van der Waals surface area (Å²) < 4.78 is 0. The molecule has 96 valence electrons. The monoisotopic (exact) mass is 237 g/mol. The maximum Gasteiger partial charge on any atom is 0.242 e. The van der Waals surface area contributed by atoms with Gasteiger partial charge >= 0.3 is 0 Å². The number of piperazine rings is 1. The maximum atomic E-state index is 12.5. The van der Waals surface area contributed by atoms with Crippen molar-refractivity contribution in [3.63, 3.8) is 0 Å². The maximum absolute atomic E-state index is 12.5. The van der Waals surface area contributed by atoms with Crippen LogP contribution in [0.5, 0.6) is 0 Å². The Labute approximate surface area is 103 Å². The number of carbonyl (C=O) groups excluding carboxylic acids is 1. The van der Waals surface area contributed by atoms with Gasteiger partial charge in [-0.3, -0.25) is 9.69 Å². The van der Waals surface area contributed by atoms with Crippen LogP contribution in [0, 0.1) is 5.92 Å². The summed E-state index contributed by atoms with van der Waals surface area (Å²) in [6, 6.07) is 0.600. The summed E-state index contributed by atoms with van der Waals surface area (Å²) in [5, 5.41) is 0. The van der Waals surface area contributed by atoms with E-state index in [9.17, 15) is 4.79 Å². The van der Waals surface area contributed by atoms with Crippen LogP contribution < -0.4 is 5.73 Å². The minimum atomic E-state index is -0.610. The molecule has 1 amide bonds. The Morgan fingerprint density at radius 2 is 2.00 bits per heavy atom. The number of fused-ring (bicyclic) bond motifs is 1. The molecule has 2 unspecified atom stereocenters. The first kappa shape index (κ1) is 11.5. The lowest BCUT2D eigenvalue weighted by Gasteiger charge is -2.40. The normalized spacial score (nSPS) is 33.3. The first-order valence-electron chi connectivity index (χ1n) is 6.91. The van der Waals surface area contributed by atoms with Crippen molar-refractivity contribution in [1.82, 2.24) is 9.80 Å². The van der Waals surface area contributed by atoms with Crippen LogP contribution in [0.4, 0.5) is 0 Å². The van der Waals surface area contributed by atoms with E-state index in [4.69, 9.17) is 5.73 Å². The molecule has 0 aromatic heterocycles. The van der Waals surface area contributed by atoms with Gasteiger partial charge in [0.2, 0.25) is 5.91 Å². The summed E-state index contributed by atoms with van der Waals surface area (Å²) in [7, 11) is 0. The Balaban J connectivity index is 1.66. The molecule has 2 N–H and O–H groups in total. The van der Waals surface area contributed by atoms with Crippen molar-refractivity contribution >= 4 is 5.91 Å². The number of hydrogen-bond acceptors (Lipinski definition) is 3. The number of amides is 1. The molecule has 1 saturated carbocycles. The van der Waals surface area contributed by atoms with Gasteiger partial charge in [-0.15, -0.1) is 0 Å². The van der Waals surface area contributed by atoms with Crippen LogP contribution in [0.2, 0.25) is 0 Å². The van der Waals surface area contributed by atoms with E-state index in [1.807, 2.05) is 11.8 Å². The lowest BCUT2D eigenvalue weighted by molar-refractivity contribution is -0.139. The van der Waals surface area contributed by atoms with E-state index in [0.717, 1.165) is 32.5 Å². The van der Waals surface area contributed by atoms with E-state index < -0.39 is 5.54 Å². The van der Waals surface area contributed by atoms with Crippen molar-refractivity contribution in [3.05, 3.63) is 0 Å². The third-order valence-electron chi connectivity index (χ3n) is 4.76. The van der Waals surface area contributed by atoms with Crippen LogP contribution in [0.15, 0.2) is 0 Å². The second kappa shape index (κ2) is 3.95. The van der Waals surface area contributed by atoms with E-state index in [1.165, 1.54) is 19.4 Å². The Morgan fingerprint density at radius 3 is 2.71 bits per heavy atom. The number of nitrogens with zero attached hydrogens (tertiary/aromatic N) is 2. The molecule has 3 aliphatic rings. The van der Waals surface area contributed by atoms with Gasteiger partial charge in [-0.05, 0) is 45.1 Å². The highest BCUT2D eigenvalue weighted by atomic mass is 16.2. The van der Waals surface area contributed by atoms with Crippen LogP contribution >= 0.6 is 0 Å². The molecule has 2 saturated heterocycles. The fourth-order valence-electron chi connectivity index (χ4n) is 3.37. The smallest absolute Gasteiger partial charge is 0.242 e. The second-order valence-corrected chi connectivity index (χ2v) is 6.14. The van der Waals surface area contributed by atoms with Crippen molar-refractivity contribution in [1.29, 1.82) is 0 Å². The Bertz CT molecular complexity index is 325. The summed E-state index contributed by atoms with van der Waals surface area (Å²) >= 11 is 0. The molecule has 17 heavy (non-hydrogen) atoms. The molecule has 0 aromatic rings. The van der Waals surface area contributed by atoms with Gasteiger partial charge in [-0.2, -0.15) is 0 Å². The minimum absolute atomic E-state index is 0.187. The van der Waals surface area contributed by atoms with Gasteiger partial charge in [0.1, 0.15) is 0 Å². The van der Waals surface area contributed by atoms with Crippen molar-refractivity contribution < 1.29 is 4.79 Å². The van der Waals surface area contributed by atoms with E-state index >= 15 is 0 Å². The van der Waals surface area contributed by atoms with Crippen LogP contribution in [-0.2, 0) is 4.79 Å². The van der Waals surface area contributed by atoms with Gasteiger partial charge in [-0.25, -0.2) is 0 Å². The second-order valence-electron chi connectivity index (χ2n) is 6.14. The molecule has 1 aliphatic carbocycles. The van der Waals surface area contributed by atoms with E-state index in [-0.39, 0.29) is 5.91 Å². The lowest BCUT2D eigenvalue weighted by atomic mass is 9.94. The van der Waals surface area contributed by atoms with Crippen LogP contribution in [-0.4, -0.2) is 53.5 Å². The molecule has 0 radical (unpaired) electrons. The molecule has 3 rings (SSSR count). The van der Waals surface area contributed by atoms with Gasteiger partial charge in [0.15, 0.2) is 0 Å². The van der Waals surface area contributed by atoms with Crippen LogP contribution in [0.25, 0.3) is 0 Å². The molecule has 2 aliphatic heterocycles. The average molecular weight is 237 g/mol. The molecule has 3 fully saturated rings. The largest absolute Gasteiger partial charge is 0.338 e. The zero-order valence-electron chi connectivity index (χ0n) is 10.7. The highest BCUT2D eigenvalue weighted by Crippen LogP contribution is 2.39. The number of nitrogens with two attached hydrogens (primary N) is 1. The van der Waals surface area contributed by atoms with Crippen molar-refractivity contribution in [2.24, 2.45) is 11.7 Å². The topological polar surface area (TPSA) is 49.6 Å². The molecule has 0 spiro atoms.